The van der Waals surface area contributed by atoms with Crippen LogP contribution >= 0.6 is 0 Å². The molecule has 0 saturated carbocycles. The van der Waals surface area contributed by atoms with E-state index in [9.17, 15) is 0 Å². The van der Waals surface area contributed by atoms with Crippen LogP contribution in [0.3, 0.4) is 0 Å². The van der Waals surface area contributed by atoms with Gasteiger partial charge in [0.2, 0.25) is 0 Å². The van der Waals surface area contributed by atoms with Crippen LogP contribution < -0.4 is 0 Å². The summed E-state index contributed by atoms with van der Waals surface area (Å²) in [6, 6.07) is 0. The zero-order valence-corrected chi connectivity index (χ0v) is 12.3. The number of likely N-dealkylation sites (tertiary alicyclic amines) is 1. The van der Waals surface area contributed by atoms with Crippen molar-refractivity contribution in [1.82, 2.24) is 4.90 Å². The molecule has 0 aliphatic carbocycles. The van der Waals surface area contributed by atoms with Crippen molar-refractivity contribution in [3.8, 4) is 12.3 Å². The number of hydrogen-bond acceptors (Lipinski definition) is 2. The smallest absolute Gasteiger partial charge is 0.192 e. The van der Waals surface area contributed by atoms with E-state index >= 15 is 0 Å². The molecule has 0 amide bonds. The van der Waals surface area contributed by atoms with Crippen molar-refractivity contribution in [2.24, 2.45) is 0 Å². The van der Waals surface area contributed by atoms with Crippen LogP contribution in [0.5, 0.6) is 0 Å². The second kappa shape index (κ2) is 4.91. The van der Waals surface area contributed by atoms with Crippen LogP contribution in [0.25, 0.3) is 0 Å². The van der Waals surface area contributed by atoms with Crippen LogP contribution in [-0.4, -0.2) is 39.0 Å². The maximum absolute atomic E-state index is 6.37. The first-order chi connectivity index (χ1) is 7.26. The Morgan fingerprint density at radius 3 is 2.56 bits per heavy atom. The Morgan fingerprint density at radius 2 is 2.06 bits per heavy atom. The van der Waals surface area contributed by atoms with Crippen molar-refractivity contribution in [3.63, 3.8) is 0 Å². The van der Waals surface area contributed by atoms with Gasteiger partial charge in [-0.1, -0.05) is 26.7 Å². The van der Waals surface area contributed by atoms with Gasteiger partial charge in [-0.3, -0.25) is 4.90 Å². The molecular formula is C13H25NOSi. The summed E-state index contributed by atoms with van der Waals surface area (Å²) < 4.78 is 6.37. The highest BCUT2D eigenvalue weighted by molar-refractivity contribution is 6.74. The minimum Gasteiger partial charge on any atom is -0.413 e. The number of hydrogen-bond donors (Lipinski definition) is 0. The van der Waals surface area contributed by atoms with Gasteiger partial charge in [-0.05, 0) is 24.6 Å². The summed E-state index contributed by atoms with van der Waals surface area (Å²) in [5.41, 5.74) is 0. The maximum atomic E-state index is 6.37. The van der Waals surface area contributed by atoms with Gasteiger partial charge >= 0.3 is 0 Å². The van der Waals surface area contributed by atoms with Crippen molar-refractivity contribution >= 4 is 8.32 Å². The molecule has 92 valence electrons. The monoisotopic (exact) mass is 239 g/mol. The van der Waals surface area contributed by atoms with Gasteiger partial charge in [0.1, 0.15) is 0 Å². The van der Waals surface area contributed by atoms with Crippen LogP contribution in [0.2, 0.25) is 18.1 Å². The first-order valence-corrected chi connectivity index (χ1v) is 9.01. The predicted octanol–water partition coefficient (Wildman–Crippen LogP) is 2.72. The average Bonchev–Trinajstić information content (AvgIpc) is 2.50. The van der Waals surface area contributed by atoms with E-state index in [1.807, 2.05) is 0 Å². The number of rotatable bonds is 3. The Balaban J connectivity index is 2.49. The van der Waals surface area contributed by atoms with Crippen LogP contribution in [0.15, 0.2) is 0 Å². The summed E-state index contributed by atoms with van der Waals surface area (Å²) in [6.45, 7) is 14.3. The molecule has 1 aliphatic heterocycles. The molecule has 1 aliphatic rings. The van der Waals surface area contributed by atoms with E-state index in [0.29, 0.717) is 11.1 Å². The molecule has 1 rings (SSSR count). The molecule has 0 aromatic heterocycles. The Bertz CT molecular complexity index is 275. The largest absolute Gasteiger partial charge is 0.413 e. The van der Waals surface area contributed by atoms with Crippen molar-refractivity contribution in [3.05, 3.63) is 0 Å². The van der Waals surface area contributed by atoms with Gasteiger partial charge in [-0.15, -0.1) is 6.42 Å². The highest BCUT2D eigenvalue weighted by Crippen LogP contribution is 2.38. The average molecular weight is 239 g/mol. The third-order valence-corrected chi connectivity index (χ3v) is 8.35. The Morgan fingerprint density at radius 1 is 1.44 bits per heavy atom. The van der Waals surface area contributed by atoms with E-state index in [0.717, 1.165) is 26.1 Å². The molecule has 1 atom stereocenters. The summed E-state index contributed by atoms with van der Waals surface area (Å²) >= 11 is 0. The molecule has 0 aromatic carbocycles. The second-order valence-electron chi connectivity index (χ2n) is 6.23. The van der Waals surface area contributed by atoms with Crippen LogP contribution in [0, 0.1) is 12.3 Å². The zero-order chi connectivity index (χ0) is 12.4. The molecular weight excluding hydrogens is 214 g/mol. The zero-order valence-electron chi connectivity index (χ0n) is 11.3. The quantitative estimate of drug-likeness (QED) is 0.555. The fraction of sp³-hybridized carbons (Fsp3) is 0.846. The third-order valence-electron chi connectivity index (χ3n) is 3.81. The van der Waals surface area contributed by atoms with E-state index in [-0.39, 0.29) is 0 Å². The fourth-order valence-electron chi connectivity index (χ4n) is 1.76. The molecule has 1 unspecified atom stereocenters. The van der Waals surface area contributed by atoms with Gasteiger partial charge < -0.3 is 4.43 Å². The van der Waals surface area contributed by atoms with Gasteiger partial charge in [0.15, 0.2) is 8.32 Å². The summed E-state index contributed by atoms with van der Waals surface area (Å²) in [6.07, 6.45) is 6.86. The van der Waals surface area contributed by atoms with E-state index in [2.05, 4.69) is 44.7 Å². The lowest BCUT2D eigenvalue weighted by Gasteiger charge is -2.38. The molecule has 0 bridgehead atoms. The summed E-state index contributed by atoms with van der Waals surface area (Å²) in [7, 11) is -1.60. The molecule has 0 spiro atoms. The van der Waals surface area contributed by atoms with Crippen molar-refractivity contribution < 1.29 is 4.43 Å². The molecule has 0 N–H and O–H groups in total. The van der Waals surface area contributed by atoms with Crippen molar-refractivity contribution in [1.29, 1.82) is 0 Å². The van der Waals surface area contributed by atoms with Gasteiger partial charge in [-0.2, -0.15) is 0 Å². The minimum atomic E-state index is -1.60. The number of terminal acetylenes is 1. The first-order valence-electron chi connectivity index (χ1n) is 6.10. The lowest BCUT2D eigenvalue weighted by atomic mass is 10.2. The van der Waals surface area contributed by atoms with Gasteiger partial charge in [-0.25, -0.2) is 0 Å². The predicted molar refractivity (Wildman–Crippen MR) is 72.0 cm³/mol. The highest BCUT2D eigenvalue weighted by atomic mass is 28.4. The summed E-state index contributed by atoms with van der Waals surface area (Å²) in [5, 5.41) is 0.298. The first kappa shape index (κ1) is 13.8. The lowest BCUT2D eigenvalue weighted by molar-refractivity contribution is 0.185. The Kier molecular flexibility index (Phi) is 4.22. The molecule has 0 aromatic rings. The maximum Gasteiger partial charge on any atom is 0.192 e. The van der Waals surface area contributed by atoms with Gasteiger partial charge in [0, 0.05) is 13.1 Å². The van der Waals surface area contributed by atoms with E-state index in [1.165, 1.54) is 0 Å². The van der Waals surface area contributed by atoms with E-state index in [4.69, 9.17) is 10.8 Å². The molecule has 2 nitrogen and oxygen atoms in total. The topological polar surface area (TPSA) is 12.5 Å². The Labute approximate surface area is 101 Å². The van der Waals surface area contributed by atoms with E-state index in [1.54, 1.807) is 0 Å². The van der Waals surface area contributed by atoms with E-state index < -0.39 is 8.32 Å². The standard InChI is InChI=1S/C13H25NOSi/c1-7-9-14-10-8-12(11-14)15-16(5,6)13(2,3)4/h1,12H,8-11H2,2-6H3. The molecule has 1 saturated heterocycles. The SMILES string of the molecule is C#CCN1CCC(O[Si](C)(C)C(C)(C)C)C1. The lowest BCUT2D eigenvalue weighted by Crippen LogP contribution is -2.44. The summed E-state index contributed by atoms with van der Waals surface area (Å²) in [4.78, 5) is 2.30. The van der Waals surface area contributed by atoms with Crippen molar-refractivity contribution in [2.75, 3.05) is 19.6 Å². The van der Waals surface area contributed by atoms with Crippen LogP contribution in [0.1, 0.15) is 27.2 Å². The Hall–Kier alpha value is -0.303. The summed E-state index contributed by atoms with van der Waals surface area (Å²) in [5.74, 6) is 2.70. The van der Waals surface area contributed by atoms with Gasteiger partial charge in [0.05, 0.1) is 12.6 Å². The minimum absolute atomic E-state index is 0.298. The fourth-order valence-corrected chi connectivity index (χ4v) is 3.14. The van der Waals surface area contributed by atoms with Crippen LogP contribution in [0.4, 0.5) is 0 Å². The molecule has 3 heteroatoms. The van der Waals surface area contributed by atoms with Gasteiger partial charge in [0.25, 0.3) is 0 Å². The van der Waals surface area contributed by atoms with Crippen LogP contribution in [-0.2, 0) is 4.43 Å². The normalized spacial score (nSPS) is 23.4. The second-order valence-corrected chi connectivity index (χ2v) is 11.0. The molecule has 16 heavy (non-hydrogen) atoms. The molecule has 0 radical (unpaired) electrons. The number of nitrogens with zero attached hydrogens (tertiary/aromatic N) is 1. The molecule has 1 heterocycles. The third kappa shape index (κ3) is 3.34. The van der Waals surface area contributed by atoms with Crippen molar-refractivity contribution in [2.45, 2.75) is 51.4 Å². The highest BCUT2D eigenvalue weighted by Gasteiger charge is 2.40. The molecule has 1 fully saturated rings.